The monoisotopic (exact) mass is 389 g/mol. The molecule has 2 rings (SSSR count). The van der Waals surface area contributed by atoms with Crippen molar-refractivity contribution in [3.05, 3.63) is 34.9 Å². The fraction of sp³-hybridized carbons (Fsp3) is 0.438. The summed E-state index contributed by atoms with van der Waals surface area (Å²) in [5, 5.41) is 11.4. The van der Waals surface area contributed by atoms with Gasteiger partial charge < -0.3 is 15.3 Å². The molecule has 1 aliphatic heterocycles. The summed E-state index contributed by atoms with van der Waals surface area (Å²) in [6.45, 7) is 1.99. The first-order valence-electron chi connectivity index (χ1n) is 7.67. The quantitative estimate of drug-likeness (QED) is 0.745. The predicted octanol–water partition coefficient (Wildman–Crippen LogP) is 0.649. The zero-order valence-electron chi connectivity index (χ0n) is 13.6. The maximum Gasteiger partial charge on any atom is 0.322 e. The van der Waals surface area contributed by atoms with Gasteiger partial charge in [-0.25, -0.2) is 0 Å². The predicted molar refractivity (Wildman–Crippen MR) is 96.1 cm³/mol. The van der Waals surface area contributed by atoms with E-state index in [1.54, 1.807) is 11.0 Å². The molecule has 0 bridgehead atoms. The smallest absolute Gasteiger partial charge is 0.322 e. The minimum absolute atomic E-state index is 0. The molecular formula is C16H21Cl2N3O4. The maximum absolute atomic E-state index is 12.3. The summed E-state index contributed by atoms with van der Waals surface area (Å²) < 4.78 is 0. The standard InChI is InChI=1S/C16H20ClN3O4.ClH/c17-13-4-2-1-3-12(13)9-15(22)20-7-5-19(6-8-20)11-14(21)18-10-16(23)24;/h1-4H,5-11H2,(H,18,21)(H,23,24);1H. The van der Waals surface area contributed by atoms with Gasteiger partial charge in [-0.3, -0.25) is 19.3 Å². The van der Waals surface area contributed by atoms with Crippen LogP contribution in [0.3, 0.4) is 0 Å². The highest BCUT2D eigenvalue weighted by molar-refractivity contribution is 6.31. The molecule has 138 valence electrons. The van der Waals surface area contributed by atoms with Gasteiger partial charge in [0.05, 0.1) is 13.0 Å². The molecule has 0 spiro atoms. The summed E-state index contributed by atoms with van der Waals surface area (Å²) in [6, 6.07) is 7.27. The van der Waals surface area contributed by atoms with E-state index in [0.717, 1.165) is 5.56 Å². The fourth-order valence-corrected chi connectivity index (χ4v) is 2.71. The van der Waals surface area contributed by atoms with Gasteiger partial charge in [-0.1, -0.05) is 29.8 Å². The number of carbonyl (C=O) groups excluding carboxylic acids is 2. The summed E-state index contributed by atoms with van der Waals surface area (Å²) in [6.07, 6.45) is 0.263. The number of rotatable bonds is 6. The third kappa shape index (κ3) is 6.89. The van der Waals surface area contributed by atoms with Gasteiger partial charge in [0.15, 0.2) is 0 Å². The Morgan fingerprint density at radius 1 is 1.12 bits per heavy atom. The maximum atomic E-state index is 12.3. The van der Waals surface area contributed by atoms with Gasteiger partial charge in [-0.05, 0) is 11.6 Å². The highest BCUT2D eigenvalue weighted by Gasteiger charge is 2.22. The molecular weight excluding hydrogens is 369 g/mol. The summed E-state index contributed by atoms with van der Waals surface area (Å²) in [7, 11) is 0. The average molecular weight is 390 g/mol. The molecule has 7 nitrogen and oxygen atoms in total. The number of halogens is 2. The van der Waals surface area contributed by atoms with Crippen LogP contribution in [0.1, 0.15) is 5.56 Å². The van der Waals surface area contributed by atoms with Gasteiger partial charge >= 0.3 is 5.97 Å². The number of amides is 2. The number of nitrogens with zero attached hydrogens (tertiary/aromatic N) is 2. The first-order chi connectivity index (χ1) is 11.5. The van der Waals surface area contributed by atoms with Gasteiger partial charge in [0.1, 0.15) is 6.54 Å². The lowest BCUT2D eigenvalue weighted by atomic mass is 10.1. The number of hydrogen-bond acceptors (Lipinski definition) is 4. The molecule has 1 saturated heterocycles. The second-order valence-corrected chi connectivity index (χ2v) is 6.00. The normalized spacial score (nSPS) is 14.5. The van der Waals surface area contributed by atoms with Crippen LogP contribution in [0.2, 0.25) is 5.02 Å². The van der Waals surface area contributed by atoms with Crippen LogP contribution in [-0.4, -0.2) is 72.0 Å². The number of nitrogens with one attached hydrogen (secondary N) is 1. The van der Waals surface area contributed by atoms with Crippen molar-refractivity contribution in [2.75, 3.05) is 39.3 Å². The Balaban J connectivity index is 0.00000312. The Morgan fingerprint density at radius 3 is 2.36 bits per heavy atom. The molecule has 0 aromatic heterocycles. The molecule has 1 aliphatic rings. The molecule has 1 aromatic carbocycles. The topological polar surface area (TPSA) is 89.9 Å². The van der Waals surface area contributed by atoms with E-state index in [1.165, 1.54) is 0 Å². The van der Waals surface area contributed by atoms with Gasteiger partial charge in [0, 0.05) is 31.2 Å². The van der Waals surface area contributed by atoms with Crippen molar-refractivity contribution < 1.29 is 19.5 Å². The summed E-state index contributed by atoms with van der Waals surface area (Å²) >= 11 is 6.07. The second-order valence-electron chi connectivity index (χ2n) is 5.60. The highest BCUT2D eigenvalue weighted by atomic mass is 35.5. The van der Waals surface area contributed by atoms with Crippen molar-refractivity contribution >= 4 is 41.8 Å². The molecule has 0 saturated carbocycles. The van der Waals surface area contributed by atoms with Crippen LogP contribution in [0.4, 0.5) is 0 Å². The van der Waals surface area contributed by atoms with E-state index >= 15 is 0 Å². The SMILES string of the molecule is Cl.O=C(O)CNC(=O)CN1CCN(C(=O)Cc2ccccc2Cl)CC1. The summed E-state index contributed by atoms with van der Waals surface area (Å²) in [5.41, 5.74) is 0.805. The highest BCUT2D eigenvalue weighted by Crippen LogP contribution is 2.16. The van der Waals surface area contributed by atoms with Gasteiger partial charge in [0.2, 0.25) is 11.8 Å². The van der Waals surface area contributed by atoms with E-state index in [4.69, 9.17) is 16.7 Å². The van der Waals surface area contributed by atoms with Gasteiger partial charge in [-0.15, -0.1) is 12.4 Å². The Bertz CT molecular complexity index is 619. The van der Waals surface area contributed by atoms with E-state index in [9.17, 15) is 14.4 Å². The van der Waals surface area contributed by atoms with E-state index in [2.05, 4.69) is 5.32 Å². The second kappa shape index (κ2) is 10.2. The molecule has 2 N–H and O–H groups in total. The number of carboxylic acids is 1. The largest absolute Gasteiger partial charge is 0.480 e. The molecule has 25 heavy (non-hydrogen) atoms. The van der Waals surface area contributed by atoms with E-state index in [1.807, 2.05) is 23.1 Å². The van der Waals surface area contributed by atoms with Crippen molar-refractivity contribution in [2.45, 2.75) is 6.42 Å². The Labute approximate surface area is 157 Å². The number of aliphatic carboxylic acids is 1. The molecule has 0 atom stereocenters. The molecule has 0 aliphatic carbocycles. The Kier molecular flexibility index (Phi) is 8.68. The zero-order chi connectivity index (χ0) is 17.5. The van der Waals surface area contributed by atoms with Crippen molar-refractivity contribution in [1.82, 2.24) is 15.1 Å². The lowest BCUT2D eigenvalue weighted by molar-refractivity contribution is -0.138. The van der Waals surface area contributed by atoms with E-state index in [0.29, 0.717) is 31.2 Å². The van der Waals surface area contributed by atoms with Crippen LogP contribution in [0.5, 0.6) is 0 Å². The van der Waals surface area contributed by atoms with Crippen molar-refractivity contribution in [2.24, 2.45) is 0 Å². The third-order valence-corrected chi connectivity index (χ3v) is 4.20. The Hall–Kier alpha value is -1.83. The van der Waals surface area contributed by atoms with E-state index in [-0.39, 0.29) is 43.7 Å². The Morgan fingerprint density at radius 2 is 1.76 bits per heavy atom. The lowest BCUT2D eigenvalue weighted by Gasteiger charge is -2.34. The van der Waals surface area contributed by atoms with E-state index < -0.39 is 5.97 Å². The van der Waals surface area contributed by atoms with Crippen LogP contribution in [-0.2, 0) is 20.8 Å². The third-order valence-electron chi connectivity index (χ3n) is 3.83. The summed E-state index contributed by atoms with van der Waals surface area (Å²) in [4.78, 5) is 38.0. The minimum Gasteiger partial charge on any atom is -0.480 e. The van der Waals surface area contributed by atoms with Gasteiger partial charge in [0.25, 0.3) is 0 Å². The molecule has 1 aromatic rings. The van der Waals surface area contributed by atoms with Gasteiger partial charge in [-0.2, -0.15) is 0 Å². The van der Waals surface area contributed by atoms with Crippen molar-refractivity contribution in [3.63, 3.8) is 0 Å². The fourth-order valence-electron chi connectivity index (χ4n) is 2.51. The van der Waals surface area contributed by atoms with Crippen LogP contribution in [0, 0.1) is 0 Å². The number of carboxylic acid groups (broad SMARTS) is 1. The average Bonchev–Trinajstić information content (AvgIpc) is 2.55. The van der Waals surface area contributed by atoms with Crippen LogP contribution in [0.15, 0.2) is 24.3 Å². The molecule has 1 fully saturated rings. The molecule has 2 amide bonds. The molecule has 1 heterocycles. The number of hydrogen-bond donors (Lipinski definition) is 2. The lowest BCUT2D eigenvalue weighted by Crippen LogP contribution is -2.51. The zero-order valence-corrected chi connectivity index (χ0v) is 15.2. The molecule has 0 unspecified atom stereocenters. The number of benzene rings is 1. The summed E-state index contributed by atoms with van der Waals surface area (Å²) in [5.74, 6) is -1.38. The number of piperazine rings is 1. The van der Waals surface area contributed by atoms with Crippen LogP contribution in [0.25, 0.3) is 0 Å². The number of carbonyl (C=O) groups is 3. The first kappa shape index (κ1) is 21.2. The molecule has 0 radical (unpaired) electrons. The van der Waals surface area contributed by atoms with Crippen LogP contribution >= 0.6 is 24.0 Å². The van der Waals surface area contributed by atoms with Crippen molar-refractivity contribution in [3.8, 4) is 0 Å². The minimum atomic E-state index is -1.07. The first-order valence-corrected chi connectivity index (χ1v) is 8.05. The molecule has 9 heteroatoms. The van der Waals surface area contributed by atoms with Crippen molar-refractivity contribution in [1.29, 1.82) is 0 Å². The van der Waals surface area contributed by atoms with Crippen LogP contribution < -0.4 is 5.32 Å².